The molecule has 5 aromatic rings. The van der Waals surface area contributed by atoms with Gasteiger partial charge in [0.2, 0.25) is 11.9 Å². The van der Waals surface area contributed by atoms with Gasteiger partial charge in [0.15, 0.2) is 0 Å². The Balaban J connectivity index is 0.000000267. The monoisotopic (exact) mass is 722 g/mol. The first-order chi connectivity index (χ1) is 25.0. The van der Waals surface area contributed by atoms with Gasteiger partial charge in [0.25, 0.3) is 5.91 Å². The number of hydrogen-bond donors (Lipinski definition) is 4. The minimum Gasteiger partial charge on any atom is -0.443 e. The number of imidazole rings is 2. The lowest BCUT2D eigenvalue weighted by atomic mass is 10.0. The normalized spacial score (nSPS) is 11.3. The number of nitrogens with one attached hydrogen (secondary N) is 1. The van der Waals surface area contributed by atoms with Gasteiger partial charge in [0.1, 0.15) is 11.2 Å². The molecule has 2 heterocycles. The van der Waals surface area contributed by atoms with E-state index in [2.05, 4.69) is 22.2 Å². The van der Waals surface area contributed by atoms with Gasteiger partial charge in [0.05, 0.1) is 29.5 Å². The Morgan fingerprint density at radius 2 is 1.17 bits per heavy atom. The summed E-state index contributed by atoms with van der Waals surface area (Å²) in [6, 6.07) is 22.0. The van der Waals surface area contributed by atoms with Crippen molar-refractivity contribution in [2.24, 2.45) is 0 Å². The average molecular weight is 723 g/mol. The van der Waals surface area contributed by atoms with Crippen molar-refractivity contribution in [3.63, 3.8) is 0 Å². The summed E-state index contributed by atoms with van der Waals surface area (Å²) < 4.78 is 13.2. The zero-order chi connectivity index (χ0) is 38.9. The van der Waals surface area contributed by atoms with Crippen LogP contribution in [0.1, 0.15) is 83.7 Å². The number of benzene rings is 3. The Morgan fingerprint density at radius 1 is 0.679 bits per heavy atom. The van der Waals surface area contributed by atoms with Gasteiger partial charge in [-0.3, -0.25) is 4.79 Å². The van der Waals surface area contributed by atoms with E-state index in [9.17, 15) is 14.4 Å². The van der Waals surface area contributed by atoms with Crippen LogP contribution in [0.4, 0.5) is 32.9 Å². The molecule has 0 bridgehead atoms. The van der Waals surface area contributed by atoms with Gasteiger partial charge < -0.3 is 32.0 Å². The van der Waals surface area contributed by atoms with Crippen LogP contribution in [-0.4, -0.2) is 48.4 Å². The number of aryl methyl sites for hydroxylation is 1. The number of hydrogen-bond acceptors (Lipinski definition) is 10. The molecule has 280 valence electrons. The van der Waals surface area contributed by atoms with Crippen LogP contribution in [0.5, 0.6) is 0 Å². The van der Waals surface area contributed by atoms with Crippen molar-refractivity contribution in [1.29, 1.82) is 0 Å². The van der Waals surface area contributed by atoms with Crippen LogP contribution in [0.25, 0.3) is 22.5 Å². The Kier molecular flexibility index (Phi) is 12.7. The number of carbonyl (C=O) groups is 3. The molecule has 13 nitrogen and oxygen atoms in total. The highest BCUT2D eigenvalue weighted by Gasteiger charge is 2.25. The maximum atomic E-state index is 12.9. The number of para-hydroxylation sites is 2. The molecule has 0 aliphatic carbocycles. The van der Waals surface area contributed by atoms with Gasteiger partial charge in [-0.2, -0.15) is 0 Å². The quantitative estimate of drug-likeness (QED) is 0.0892. The molecule has 0 aliphatic heterocycles. The summed E-state index contributed by atoms with van der Waals surface area (Å²) in [7, 11) is 0. The number of aromatic nitrogens is 4. The smallest absolute Gasteiger partial charge is 0.421 e. The van der Waals surface area contributed by atoms with E-state index in [1.165, 1.54) is 39.9 Å². The second kappa shape index (κ2) is 16.9. The second-order valence-electron chi connectivity index (χ2n) is 14.4. The molecule has 0 fully saturated rings. The largest absolute Gasteiger partial charge is 0.443 e. The maximum Gasteiger partial charge on any atom is 0.421 e. The minimum absolute atomic E-state index is 0.0130. The predicted molar refractivity (Wildman–Crippen MR) is 209 cm³/mol. The highest BCUT2D eigenvalue weighted by Crippen LogP contribution is 2.31. The molecule has 3 aromatic carbocycles. The van der Waals surface area contributed by atoms with Gasteiger partial charge in [-0.25, -0.2) is 28.7 Å². The third kappa shape index (κ3) is 10.7. The van der Waals surface area contributed by atoms with Crippen molar-refractivity contribution in [3.05, 3.63) is 96.3 Å². The number of nitrogens with two attached hydrogens (primary N) is 3. The topological polar surface area (TPSA) is 195 Å². The summed E-state index contributed by atoms with van der Waals surface area (Å²) in [6.45, 7) is 12.9. The Hall–Kier alpha value is -6.11. The number of anilines is 4. The van der Waals surface area contributed by atoms with E-state index < -0.39 is 23.4 Å². The fourth-order valence-corrected chi connectivity index (χ4v) is 5.25. The molecule has 0 radical (unpaired) electrons. The lowest BCUT2D eigenvalue weighted by molar-refractivity contribution is 0.0531. The molecule has 53 heavy (non-hydrogen) atoms. The van der Waals surface area contributed by atoms with Crippen LogP contribution in [0, 0.1) is 0 Å². The van der Waals surface area contributed by atoms with Gasteiger partial charge in [-0.1, -0.05) is 68.3 Å². The number of carbonyl (C=O) groups excluding carboxylic acids is 3. The van der Waals surface area contributed by atoms with Gasteiger partial charge >= 0.3 is 12.2 Å². The Bertz CT molecular complexity index is 2030. The molecule has 13 heteroatoms. The van der Waals surface area contributed by atoms with E-state index in [1.54, 1.807) is 65.8 Å². The number of nitrogen functional groups attached to an aromatic ring is 3. The molecule has 0 aliphatic rings. The number of unbranched alkanes of at least 4 members (excludes halogenated alkanes) is 2. The number of rotatable bonds is 8. The summed E-state index contributed by atoms with van der Waals surface area (Å²) in [5.41, 5.74) is 21.4. The zero-order valence-electron chi connectivity index (χ0n) is 31.5. The van der Waals surface area contributed by atoms with Crippen molar-refractivity contribution in [2.75, 3.05) is 22.5 Å². The standard InChI is InChI=1S/C26H32N4O3.C14H18N4O2/c1-5-6-7-10-18-13-15-19(16-14-18)23(31)29-21-12-9-8-11-20(21)22-17-28-24(27)30(22)25(32)33-26(2,3)4;1-14(2,3)20-13(19)18-11(8-17-12(18)16)9-6-4-5-7-10(9)15/h8-9,11-17H,5-7,10H2,1-4H3,(H2,27,28)(H,29,31);4-8H,15H2,1-3H3,(H2,16,17). The van der Waals surface area contributed by atoms with Gasteiger partial charge in [-0.05, 0) is 84.2 Å². The molecule has 0 unspecified atom stereocenters. The van der Waals surface area contributed by atoms with Gasteiger partial charge in [0, 0.05) is 22.4 Å². The van der Waals surface area contributed by atoms with Crippen LogP contribution in [0.15, 0.2) is 85.2 Å². The van der Waals surface area contributed by atoms with E-state index in [0.717, 1.165) is 12.8 Å². The molecular formula is C40H50N8O5. The molecule has 0 atom stereocenters. The fourth-order valence-electron chi connectivity index (χ4n) is 5.25. The maximum absolute atomic E-state index is 12.9. The lowest BCUT2D eigenvalue weighted by Gasteiger charge is -2.21. The SMILES string of the molecule is CC(C)(C)OC(=O)n1c(-c2ccccc2N)cnc1N.CCCCCc1ccc(C(=O)Nc2ccccc2-c2cnc(N)n2C(=O)OC(C)(C)C)cc1. The lowest BCUT2D eigenvalue weighted by Crippen LogP contribution is -2.28. The van der Waals surface area contributed by atoms with Crippen LogP contribution < -0.4 is 22.5 Å². The van der Waals surface area contributed by atoms with E-state index in [1.807, 2.05) is 48.5 Å². The van der Waals surface area contributed by atoms with Crippen LogP contribution in [0.2, 0.25) is 0 Å². The van der Waals surface area contributed by atoms with Crippen LogP contribution >= 0.6 is 0 Å². The Morgan fingerprint density at radius 3 is 1.68 bits per heavy atom. The highest BCUT2D eigenvalue weighted by molar-refractivity contribution is 6.06. The predicted octanol–water partition coefficient (Wildman–Crippen LogP) is 8.40. The third-order valence-corrected chi connectivity index (χ3v) is 7.70. The van der Waals surface area contributed by atoms with Crippen LogP contribution in [-0.2, 0) is 15.9 Å². The van der Waals surface area contributed by atoms with Crippen molar-refractivity contribution in [2.45, 2.75) is 85.4 Å². The number of nitrogens with zero attached hydrogens (tertiary/aromatic N) is 4. The molecular weight excluding hydrogens is 672 g/mol. The van der Waals surface area contributed by atoms with E-state index >= 15 is 0 Å². The average Bonchev–Trinajstić information content (AvgIpc) is 3.66. The summed E-state index contributed by atoms with van der Waals surface area (Å²) in [6.07, 6.45) is 6.32. The first kappa shape index (κ1) is 39.7. The zero-order valence-corrected chi connectivity index (χ0v) is 31.5. The van der Waals surface area contributed by atoms with Crippen LogP contribution in [0.3, 0.4) is 0 Å². The van der Waals surface area contributed by atoms with Gasteiger partial charge in [-0.15, -0.1) is 0 Å². The summed E-state index contributed by atoms with van der Waals surface area (Å²) >= 11 is 0. The molecule has 0 spiro atoms. The highest BCUT2D eigenvalue weighted by atomic mass is 16.6. The first-order valence-corrected chi connectivity index (χ1v) is 17.5. The van der Waals surface area contributed by atoms with Crippen molar-refractivity contribution < 1.29 is 23.9 Å². The number of ether oxygens (including phenoxy) is 2. The van der Waals surface area contributed by atoms with Crippen molar-refractivity contribution in [1.82, 2.24) is 19.1 Å². The molecule has 0 saturated heterocycles. The summed E-state index contributed by atoms with van der Waals surface area (Å²) in [5.74, 6) is -0.157. The molecule has 0 saturated carbocycles. The minimum atomic E-state index is -0.693. The third-order valence-electron chi connectivity index (χ3n) is 7.70. The molecule has 7 N–H and O–H groups in total. The first-order valence-electron chi connectivity index (χ1n) is 17.5. The summed E-state index contributed by atoms with van der Waals surface area (Å²) in [4.78, 5) is 46.0. The van der Waals surface area contributed by atoms with Crippen molar-refractivity contribution >= 4 is 41.4 Å². The van der Waals surface area contributed by atoms with E-state index in [-0.39, 0.29) is 17.8 Å². The summed E-state index contributed by atoms with van der Waals surface area (Å²) in [5, 5.41) is 2.95. The second-order valence-corrected chi connectivity index (χ2v) is 14.4. The van der Waals surface area contributed by atoms with E-state index in [4.69, 9.17) is 26.7 Å². The van der Waals surface area contributed by atoms with Crippen molar-refractivity contribution in [3.8, 4) is 22.5 Å². The Labute approximate surface area is 310 Å². The molecule has 1 amide bonds. The molecule has 2 aromatic heterocycles. The fraction of sp³-hybridized carbons (Fsp3) is 0.325. The number of amides is 1. The molecule has 5 rings (SSSR count). The van der Waals surface area contributed by atoms with E-state index in [0.29, 0.717) is 39.5 Å².